The minimum atomic E-state index is -0.199. The molecule has 0 atom stereocenters. The molecular formula is C15H24ClN3O. The van der Waals surface area contributed by atoms with Crippen LogP contribution < -0.4 is 10.9 Å². The third-order valence-corrected chi connectivity index (χ3v) is 4.48. The maximum atomic E-state index is 12.1. The Balaban J connectivity index is 2.07. The van der Waals surface area contributed by atoms with Crippen LogP contribution >= 0.6 is 11.6 Å². The first-order valence-corrected chi connectivity index (χ1v) is 7.83. The van der Waals surface area contributed by atoms with Crippen LogP contribution in [0.2, 0.25) is 5.02 Å². The van der Waals surface area contributed by atoms with Gasteiger partial charge in [0.1, 0.15) is 5.02 Å². The second kappa shape index (κ2) is 6.17. The Kier molecular flexibility index (Phi) is 4.74. The monoisotopic (exact) mass is 297 g/mol. The van der Waals surface area contributed by atoms with Gasteiger partial charge in [0.15, 0.2) is 0 Å². The van der Waals surface area contributed by atoms with Crippen molar-refractivity contribution in [3.8, 4) is 0 Å². The largest absolute Gasteiger partial charge is 0.380 e. The fraction of sp³-hybridized carbons (Fsp3) is 0.733. The number of aryl methyl sites for hydroxylation is 1. The van der Waals surface area contributed by atoms with Gasteiger partial charge in [0.05, 0.1) is 11.9 Å². The molecule has 1 aliphatic carbocycles. The van der Waals surface area contributed by atoms with Gasteiger partial charge in [0.2, 0.25) is 0 Å². The van der Waals surface area contributed by atoms with Crippen LogP contribution in [0.1, 0.15) is 52.9 Å². The van der Waals surface area contributed by atoms with Crippen molar-refractivity contribution in [3.05, 3.63) is 21.6 Å². The van der Waals surface area contributed by atoms with E-state index in [1.165, 1.54) is 17.5 Å². The van der Waals surface area contributed by atoms with E-state index in [1.807, 2.05) is 6.92 Å². The molecule has 0 saturated heterocycles. The zero-order valence-electron chi connectivity index (χ0n) is 12.6. The lowest BCUT2D eigenvalue weighted by Crippen LogP contribution is -2.31. The molecule has 1 aromatic rings. The first-order chi connectivity index (χ1) is 9.43. The van der Waals surface area contributed by atoms with E-state index in [0.717, 1.165) is 19.3 Å². The number of halogens is 1. The Morgan fingerprint density at radius 2 is 2.10 bits per heavy atom. The molecule has 1 N–H and O–H groups in total. The zero-order chi connectivity index (χ0) is 14.8. The molecule has 1 saturated carbocycles. The van der Waals surface area contributed by atoms with E-state index in [9.17, 15) is 4.79 Å². The molecule has 0 amide bonds. The molecule has 1 aromatic heterocycles. The Bertz CT molecular complexity index is 514. The first kappa shape index (κ1) is 15.4. The maximum Gasteiger partial charge on any atom is 0.287 e. The van der Waals surface area contributed by atoms with Gasteiger partial charge in [-0.05, 0) is 37.5 Å². The van der Waals surface area contributed by atoms with Gasteiger partial charge < -0.3 is 5.32 Å². The van der Waals surface area contributed by atoms with Gasteiger partial charge in [-0.1, -0.05) is 32.4 Å². The van der Waals surface area contributed by atoms with Crippen molar-refractivity contribution in [1.82, 2.24) is 9.78 Å². The van der Waals surface area contributed by atoms with E-state index >= 15 is 0 Å². The summed E-state index contributed by atoms with van der Waals surface area (Å²) < 4.78 is 1.43. The second-order valence-electron chi connectivity index (χ2n) is 6.48. The van der Waals surface area contributed by atoms with Gasteiger partial charge in [0, 0.05) is 12.6 Å². The number of nitrogens with one attached hydrogen (secondary N) is 1. The van der Waals surface area contributed by atoms with Crippen LogP contribution in [0, 0.1) is 5.41 Å². The molecule has 0 unspecified atom stereocenters. The van der Waals surface area contributed by atoms with Crippen LogP contribution in [-0.2, 0) is 6.54 Å². The van der Waals surface area contributed by atoms with E-state index in [-0.39, 0.29) is 10.6 Å². The number of hydrogen-bond acceptors (Lipinski definition) is 3. The van der Waals surface area contributed by atoms with Crippen molar-refractivity contribution in [2.24, 2.45) is 5.41 Å². The first-order valence-electron chi connectivity index (χ1n) is 7.45. The molecule has 2 rings (SSSR count). The predicted molar refractivity (Wildman–Crippen MR) is 83.5 cm³/mol. The summed E-state index contributed by atoms with van der Waals surface area (Å²) in [4.78, 5) is 12.1. The normalized spacial score (nSPS) is 19.0. The average molecular weight is 298 g/mol. The molecule has 20 heavy (non-hydrogen) atoms. The van der Waals surface area contributed by atoms with Crippen LogP contribution in [-0.4, -0.2) is 15.8 Å². The Hall–Kier alpha value is -1.03. The molecule has 1 heterocycles. The number of aromatic nitrogens is 2. The number of anilines is 1. The van der Waals surface area contributed by atoms with Crippen LogP contribution in [0.15, 0.2) is 11.0 Å². The molecule has 1 aliphatic rings. The van der Waals surface area contributed by atoms with Gasteiger partial charge >= 0.3 is 0 Å². The highest BCUT2D eigenvalue weighted by Crippen LogP contribution is 2.36. The third kappa shape index (κ3) is 3.54. The number of rotatable bonds is 4. The van der Waals surface area contributed by atoms with Crippen molar-refractivity contribution < 1.29 is 0 Å². The summed E-state index contributed by atoms with van der Waals surface area (Å²) in [6.45, 7) is 7.24. The molecule has 5 heteroatoms. The smallest absolute Gasteiger partial charge is 0.287 e. The highest BCUT2D eigenvalue weighted by molar-refractivity contribution is 6.32. The van der Waals surface area contributed by atoms with Gasteiger partial charge in [-0.25, -0.2) is 4.68 Å². The van der Waals surface area contributed by atoms with Crippen molar-refractivity contribution >= 4 is 17.3 Å². The molecular weight excluding hydrogens is 274 g/mol. The van der Waals surface area contributed by atoms with Crippen LogP contribution in [0.25, 0.3) is 0 Å². The molecule has 0 spiro atoms. The minimum Gasteiger partial charge on any atom is -0.380 e. The predicted octanol–water partition coefficient (Wildman–Crippen LogP) is 3.69. The molecule has 0 bridgehead atoms. The quantitative estimate of drug-likeness (QED) is 0.922. The Morgan fingerprint density at radius 1 is 1.45 bits per heavy atom. The Morgan fingerprint density at radius 3 is 2.70 bits per heavy atom. The Labute approximate surface area is 125 Å². The fourth-order valence-corrected chi connectivity index (χ4v) is 2.90. The lowest BCUT2D eigenvalue weighted by molar-refractivity contribution is 0.232. The molecule has 112 valence electrons. The van der Waals surface area contributed by atoms with Gasteiger partial charge in [-0.3, -0.25) is 4.79 Å². The van der Waals surface area contributed by atoms with E-state index in [2.05, 4.69) is 24.3 Å². The molecule has 1 fully saturated rings. The SMILES string of the molecule is CCCn1ncc(NC2CCC(C)(C)CC2)c(Cl)c1=O. The number of hydrogen-bond donors (Lipinski definition) is 1. The summed E-state index contributed by atoms with van der Waals surface area (Å²) in [6.07, 6.45) is 7.17. The molecule has 0 radical (unpaired) electrons. The number of nitrogens with zero attached hydrogens (tertiary/aromatic N) is 2. The topological polar surface area (TPSA) is 46.9 Å². The zero-order valence-corrected chi connectivity index (χ0v) is 13.3. The summed E-state index contributed by atoms with van der Waals surface area (Å²) in [7, 11) is 0. The molecule has 0 aliphatic heterocycles. The molecule has 4 nitrogen and oxygen atoms in total. The summed E-state index contributed by atoms with van der Waals surface area (Å²) in [5, 5.41) is 7.83. The van der Waals surface area contributed by atoms with Gasteiger partial charge in [0.25, 0.3) is 5.56 Å². The summed E-state index contributed by atoms with van der Waals surface area (Å²) in [5.74, 6) is 0. The minimum absolute atomic E-state index is 0.199. The van der Waals surface area contributed by atoms with Gasteiger partial charge in [-0.15, -0.1) is 0 Å². The van der Waals surface area contributed by atoms with Crippen molar-refractivity contribution in [2.75, 3.05) is 5.32 Å². The van der Waals surface area contributed by atoms with Crippen LogP contribution in [0.5, 0.6) is 0 Å². The highest BCUT2D eigenvalue weighted by Gasteiger charge is 2.27. The van der Waals surface area contributed by atoms with Crippen molar-refractivity contribution in [1.29, 1.82) is 0 Å². The van der Waals surface area contributed by atoms with E-state index in [0.29, 0.717) is 23.7 Å². The lowest BCUT2D eigenvalue weighted by atomic mass is 9.75. The fourth-order valence-electron chi connectivity index (χ4n) is 2.70. The third-order valence-electron chi connectivity index (χ3n) is 4.12. The van der Waals surface area contributed by atoms with E-state index in [1.54, 1.807) is 6.20 Å². The van der Waals surface area contributed by atoms with Crippen molar-refractivity contribution in [2.45, 2.75) is 65.5 Å². The summed E-state index contributed by atoms with van der Waals surface area (Å²) in [6, 6.07) is 0.392. The van der Waals surface area contributed by atoms with E-state index < -0.39 is 0 Å². The second-order valence-corrected chi connectivity index (χ2v) is 6.86. The van der Waals surface area contributed by atoms with Gasteiger partial charge in [-0.2, -0.15) is 5.10 Å². The van der Waals surface area contributed by atoms with E-state index in [4.69, 9.17) is 11.6 Å². The van der Waals surface area contributed by atoms with Crippen LogP contribution in [0.4, 0.5) is 5.69 Å². The highest BCUT2D eigenvalue weighted by atomic mass is 35.5. The average Bonchev–Trinajstić information content (AvgIpc) is 2.41. The van der Waals surface area contributed by atoms with Crippen molar-refractivity contribution in [3.63, 3.8) is 0 Å². The summed E-state index contributed by atoms with van der Waals surface area (Å²) >= 11 is 6.17. The maximum absolute atomic E-state index is 12.1. The van der Waals surface area contributed by atoms with Crippen LogP contribution in [0.3, 0.4) is 0 Å². The summed E-state index contributed by atoms with van der Waals surface area (Å²) in [5.41, 5.74) is 0.911. The lowest BCUT2D eigenvalue weighted by Gasteiger charge is -2.35. The standard InChI is InChI=1S/C15H24ClN3O/c1-4-9-19-14(20)13(16)12(10-17-19)18-11-5-7-15(2,3)8-6-11/h10-11,18H,4-9H2,1-3H3. The molecule has 0 aromatic carbocycles.